The molecule has 0 unspecified atom stereocenters. The van der Waals surface area contributed by atoms with Crippen molar-refractivity contribution in [3.05, 3.63) is 36.0 Å². The van der Waals surface area contributed by atoms with E-state index in [1.54, 1.807) is 6.07 Å². The van der Waals surface area contributed by atoms with Gasteiger partial charge in [0, 0.05) is 41.9 Å². The van der Waals surface area contributed by atoms with Crippen LogP contribution in [0.15, 0.2) is 30.5 Å². The molecule has 2 aromatic rings. The second-order valence-corrected chi connectivity index (χ2v) is 5.30. The van der Waals surface area contributed by atoms with Crippen molar-refractivity contribution < 1.29 is 14.3 Å². The third-order valence-corrected chi connectivity index (χ3v) is 3.87. The summed E-state index contributed by atoms with van der Waals surface area (Å²) in [7, 11) is 0. The summed E-state index contributed by atoms with van der Waals surface area (Å²) < 4.78 is 7.15. The maximum atomic E-state index is 12.1. The topological polar surface area (TPSA) is 60.3 Å². The van der Waals surface area contributed by atoms with Gasteiger partial charge in [0.05, 0.1) is 0 Å². The molecule has 5 nitrogen and oxygen atoms in total. The summed E-state index contributed by atoms with van der Waals surface area (Å²) in [6, 6.07) is 7.62. The second kappa shape index (κ2) is 6.10. The normalized spacial score (nSPS) is 16.0. The van der Waals surface area contributed by atoms with Crippen LogP contribution in [0, 0.1) is 0 Å². The number of benzene rings is 1. The molecule has 21 heavy (non-hydrogen) atoms. The molecule has 1 aromatic carbocycles. The van der Waals surface area contributed by atoms with Crippen LogP contribution in [-0.4, -0.2) is 36.0 Å². The largest absolute Gasteiger partial charge is 0.381 e. The molecule has 0 radical (unpaired) electrons. The summed E-state index contributed by atoms with van der Waals surface area (Å²) in [6.07, 6.45) is 4.43. The average Bonchev–Trinajstić information content (AvgIpc) is 2.91. The lowest BCUT2D eigenvalue weighted by Crippen LogP contribution is -2.40. The van der Waals surface area contributed by atoms with E-state index in [1.165, 1.54) is 0 Å². The maximum absolute atomic E-state index is 12.1. The summed E-state index contributed by atoms with van der Waals surface area (Å²) in [4.78, 5) is 23.1. The van der Waals surface area contributed by atoms with Crippen LogP contribution in [0.2, 0.25) is 0 Å². The number of rotatable bonds is 4. The van der Waals surface area contributed by atoms with E-state index in [0.29, 0.717) is 18.8 Å². The Labute approximate surface area is 122 Å². The van der Waals surface area contributed by atoms with Crippen molar-refractivity contribution >= 4 is 23.1 Å². The molecule has 1 saturated heterocycles. The zero-order valence-corrected chi connectivity index (χ0v) is 11.7. The van der Waals surface area contributed by atoms with Crippen molar-refractivity contribution in [3.8, 4) is 0 Å². The van der Waals surface area contributed by atoms with Crippen molar-refractivity contribution in [1.29, 1.82) is 0 Å². The Bertz CT molecular complexity index is 657. The molecular weight excluding hydrogens is 268 g/mol. The Balaban J connectivity index is 1.72. The number of nitrogens with zero attached hydrogens (tertiary/aromatic N) is 1. The second-order valence-electron chi connectivity index (χ2n) is 5.30. The van der Waals surface area contributed by atoms with Crippen LogP contribution < -0.4 is 5.32 Å². The number of aldehydes is 1. The van der Waals surface area contributed by atoms with Gasteiger partial charge in [0.2, 0.25) is 5.91 Å². The number of fused-ring (bicyclic) bond motifs is 1. The standard InChI is InChI=1S/C16H18N2O3/c19-11-12-2-1-3-15-14(12)4-7-18(15)10-16(20)17-13-5-8-21-9-6-13/h1-4,7,11,13H,5-6,8-10H2,(H,17,20). The highest BCUT2D eigenvalue weighted by Gasteiger charge is 2.16. The number of carbonyl (C=O) groups excluding carboxylic acids is 2. The third-order valence-electron chi connectivity index (χ3n) is 3.87. The summed E-state index contributed by atoms with van der Waals surface area (Å²) in [5.74, 6) is -0.00379. The van der Waals surface area contributed by atoms with Crippen LogP contribution in [0.1, 0.15) is 23.2 Å². The molecule has 0 saturated carbocycles. The van der Waals surface area contributed by atoms with Gasteiger partial charge in [-0.2, -0.15) is 0 Å². The number of nitrogens with one attached hydrogen (secondary N) is 1. The third kappa shape index (κ3) is 2.97. The fourth-order valence-corrected chi connectivity index (χ4v) is 2.76. The van der Waals surface area contributed by atoms with E-state index in [0.717, 1.165) is 30.0 Å². The molecule has 1 aromatic heterocycles. The Morgan fingerprint density at radius 1 is 1.33 bits per heavy atom. The molecule has 0 bridgehead atoms. The van der Waals surface area contributed by atoms with E-state index in [9.17, 15) is 9.59 Å². The smallest absolute Gasteiger partial charge is 0.240 e. The maximum Gasteiger partial charge on any atom is 0.240 e. The highest BCUT2D eigenvalue weighted by Crippen LogP contribution is 2.19. The number of hydrogen-bond donors (Lipinski definition) is 1. The molecule has 3 rings (SSSR count). The monoisotopic (exact) mass is 286 g/mol. The molecule has 1 aliphatic heterocycles. The van der Waals surface area contributed by atoms with E-state index in [-0.39, 0.29) is 18.5 Å². The van der Waals surface area contributed by atoms with Gasteiger partial charge in [-0.3, -0.25) is 9.59 Å². The van der Waals surface area contributed by atoms with Gasteiger partial charge in [0.25, 0.3) is 0 Å². The summed E-state index contributed by atoms with van der Waals surface area (Å²) in [6.45, 7) is 1.68. The first-order valence-electron chi connectivity index (χ1n) is 7.18. The number of carbonyl (C=O) groups is 2. The Morgan fingerprint density at radius 2 is 2.14 bits per heavy atom. The lowest BCUT2D eigenvalue weighted by Gasteiger charge is -2.23. The first kappa shape index (κ1) is 13.8. The molecule has 5 heteroatoms. The van der Waals surface area contributed by atoms with Gasteiger partial charge in [0.15, 0.2) is 6.29 Å². The number of hydrogen-bond acceptors (Lipinski definition) is 3. The Morgan fingerprint density at radius 3 is 2.90 bits per heavy atom. The van der Waals surface area contributed by atoms with Crippen molar-refractivity contribution in [1.82, 2.24) is 9.88 Å². The van der Waals surface area contributed by atoms with Crippen LogP contribution in [0.5, 0.6) is 0 Å². The minimum atomic E-state index is -0.00379. The SMILES string of the molecule is O=Cc1cccc2c1ccn2CC(=O)NC1CCOCC1. The van der Waals surface area contributed by atoms with Gasteiger partial charge in [-0.25, -0.2) is 0 Å². The lowest BCUT2D eigenvalue weighted by molar-refractivity contribution is -0.122. The average molecular weight is 286 g/mol. The molecule has 1 aliphatic rings. The number of ether oxygens (including phenoxy) is 1. The minimum absolute atomic E-state index is 0.00379. The van der Waals surface area contributed by atoms with Gasteiger partial charge >= 0.3 is 0 Å². The molecule has 1 N–H and O–H groups in total. The highest BCUT2D eigenvalue weighted by atomic mass is 16.5. The van der Waals surface area contributed by atoms with Crippen LogP contribution >= 0.6 is 0 Å². The van der Waals surface area contributed by atoms with Crippen LogP contribution in [0.25, 0.3) is 10.9 Å². The van der Waals surface area contributed by atoms with Crippen molar-refractivity contribution in [2.24, 2.45) is 0 Å². The van der Waals surface area contributed by atoms with E-state index < -0.39 is 0 Å². The number of aromatic nitrogens is 1. The first-order valence-corrected chi connectivity index (χ1v) is 7.18. The van der Waals surface area contributed by atoms with Gasteiger partial charge in [0.1, 0.15) is 6.54 Å². The molecule has 1 fully saturated rings. The Kier molecular flexibility index (Phi) is 4.01. The fourth-order valence-electron chi connectivity index (χ4n) is 2.76. The van der Waals surface area contributed by atoms with Gasteiger partial charge in [-0.15, -0.1) is 0 Å². The zero-order chi connectivity index (χ0) is 14.7. The quantitative estimate of drug-likeness (QED) is 0.871. The van der Waals surface area contributed by atoms with E-state index >= 15 is 0 Å². The predicted molar refractivity (Wildman–Crippen MR) is 79.3 cm³/mol. The lowest BCUT2D eigenvalue weighted by atomic mass is 10.1. The zero-order valence-electron chi connectivity index (χ0n) is 11.7. The molecule has 2 heterocycles. The molecule has 110 valence electrons. The van der Waals surface area contributed by atoms with Crippen molar-refractivity contribution in [2.75, 3.05) is 13.2 Å². The van der Waals surface area contributed by atoms with E-state index in [2.05, 4.69) is 5.32 Å². The van der Waals surface area contributed by atoms with Crippen LogP contribution in [0.3, 0.4) is 0 Å². The van der Waals surface area contributed by atoms with Crippen LogP contribution in [0.4, 0.5) is 0 Å². The minimum Gasteiger partial charge on any atom is -0.381 e. The molecule has 0 spiro atoms. The first-order chi connectivity index (χ1) is 10.3. The molecule has 0 atom stereocenters. The fraction of sp³-hybridized carbons (Fsp3) is 0.375. The summed E-state index contributed by atoms with van der Waals surface area (Å²) >= 11 is 0. The molecule has 1 amide bonds. The van der Waals surface area contributed by atoms with E-state index in [4.69, 9.17) is 4.74 Å². The van der Waals surface area contributed by atoms with Crippen molar-refractivity contribution in [2.45, 2.75) is 25.4 Å². The molecular formula is C16H18N2O3. The molecule has 0 aliphatic carbocycles. The van der Waals surface area contributed by atoms with E-state index in [1.807, 2.05) is 29.0 Å². The van der Waals surface area contributed by atoms with Gasteiger partial charge in [-0.05, 0) is 25.0 Å². The summed E-state index contributed by atoms with van der Waals surface area (Å²) in [5.41, 5.74) is 1.55. The van der Waals surface area contributed by atoms with Crippen molar-refractivity contribution in [3.63, 3.8) is 0 Å². The Hall–Kier alpha value is -2.14. The number of amides is 1. The van der Waals surface area contributed by atoms with Crippen LogP contribution in [-0.2, 0) is 16.1 Å². The highest BCUT2D eigenvalue weighted by molar-refractivity contribution is 5.97. The summed E-state index contributed by atoms with van der Waals surface area (Å²) in [5, 5.41) is 3.92. The van der Waals surface area contributed by atoms with Gasteiger partial charge < -0.3 is 14.6 Å². The predicted octanol–water partition coefficient (Wildman–Crippen LogP) is 1.75. The van der Waals surface area contributed by atoms with Gasteiger partial charge in [-0.1, -0.05) is 12.1 Å².